The second-order valence-electron chi connectivity index (χ2n) is 4.10. The highest BCUT2D eigenvalue weighted by atomic mass is 15.1. The maximum Gasteiger partial charge on any atom is 0.00891 e. The molecule has 1 heteroatoms. The molecule has 0 amide bonds. The van der Waals surface area contributed by atoms with E-state index in [9.17, 15) is 0 Å². The molecule has 0 heterocycles. The van der Waals surface area contributed by atoms with E-state index in [0.717, 1.165) is 12.0 Å². The molecule has 0 bridgehead atoms. The van der Waals surface area contributed by atoms with Crippen molar-refractivity contribution in [1.29, 1.82) is 0 Å². The van der Waals surface area contributed by atoms with Gasteiger partial charge in [-0.15, -0.1) is 0 Å². The fraction of sp³-hybridized carbons (Fsp3) is 1.00. The molecule has 0 aromatic rings. The number of hydrogen-bond acceptors (Lipinski definition) is 1. The second-order valence-corrected chi connectivity index (χ2v) is 4.10. The molecule has 1 aliphatic carbocycles. The van der Waals surface area contributed by atoms with Crippen LogP contribution in [-0.4, -0.2) is 25.0 Å². The summed E-state index contributed by atoms with van der Waals surface area (Å²) in [5, 5.41) is 0. The van der Waals surface area contributed by atoms with Gasteiger partial charge in [0, 0.05) is 6.04 Å². The molecule has 0 saturated heterocycles. The summed E-state index contributed by atoms with van der Waals surface area (Å²) in [5.74, 6) is 0.971. The molecule has 66 valence electrons. The third-order valence-corrected chi connectivity index (χ3v) is 3.15. The summed E-state index contributed by atoms with van der Waals surface area (Å²) >= 11 is 0. The minimum atomic E-state index is 0.787. The maximum atomic E-state index is 2.36. The van der Waals surface area contributed by atoms with Gasteiger partial charge in [-0.2, -0.15) is 0 Å². The van der Waals surface area contributed by atoms with E-state index in [0.29, 0.717) is 0 Å². The summed E-state index contributed by atoms with van der Waals surface area (Å²) in [7, 11) is 4.39. The number of nitrogens with zero attached hydrogens (tertiary/aromatic N) is 1. The summed E-state index contributed by atoms with van der Waals surface area (Å²) in [6.45, 7) is 2.36. The van der Waals surface area contributed by atoms with Crippen molar-refractivity contribution < 1.29 is 0 Å². The Morgan fingerprint density at radius 3 is 2.09 bits per heavy atom. The molecular weight excluding hydrogens is 134 g/mol. The van der Waals surface area contributed by atoms with Gasteiger partial charge in [0.2, 0.25) is 0 Å². The van der Waals surface area contributed by atoms with Crippen LogP contribution in [-0.2, 0) is 0 Å². The monoisotopic (exact) mass is 155 g/mol. The second kappa shape index (κ2) is 4.10. The molecule has 1 aliphatic rings. The number of hydrogen-bond donors (Lipinski definition) is 0. The molecule has 1 unspecified atom stereocenters. The standard InChI is InChI=1S/C10H21N/c1-9(11(2)3)10-7-5-4-6-8-10/h9-10H,4-8H2,1-3H3. The van der Waals surface area contributed by atoms with Crippen LogP contribution < -0.4 is 0 Å². The molecule has 0 radical (unpaired) electrons. The zero-order chi connectivity index (χ0) is 8.27. The maximum absolute atomic E-state index is 2.36. The minimum absolute atomic E-state index is 0.787. The van der Waals surface area contributed by atoms with Crippen LogP contribution in [0.1, 0.15) is 39.0 Å². The molecule has 1 saturated carbocycles. The van der Waals surface area contributed by atoms with E-state index in [1.54, 1.807) is 0 Å². The molecule has 0 N–H and O–H groups in total. The van der Waals surface area contributed by atoms with Gasteiger partial charge >= 0.3 is 0 Å². The Kier molecular flexibility index (Phi) is 3.38. The van der Waals surface area contributed by atoms with Crippen LogP contribution >= 0.6 is 0 Å². The Labute approximate surface area is 70.8 Å². The first-order chi connectivity index (χ1) is 5.22. The van der Waals surface area contributed by atoms with Crippen molar-refractivity contribution >= 4 is 0 Å². The zero-order valence-electron chi connectivity index (χ0n) is 8.14. The van der Waals surface area contributed by atoms with Gasteiger partial charge in [-0.3, -0.25) is 0 Å². The molecule has 0 aliphatic heterocycles. The summed E-state index contributed by atoms with van der Waals surface area (Å²) in [4.78, 5) is 2.36. The molecule has 11 heavy (non-hydrogen) atoms. The van der Waals surface area contributed by atoms with Crippen LogP contribution in [0.15, 0.2) is 0 Å². The summed E-state index contributed by atoms with van der Waals surface area (Å²) in [6, 6.07) is 0.787. The Hall–Kier alpha value is -0.0400. The van der Waals surface area contributed by atoms with Gasteiger partial charge < -0.3 is 4.90 Å². The van der Waals surface area contributed by atoms with E-state index < -0.39 is 0 Å². The van der Waals surface area contributed by atoms with Gasteiger partial charge in [-0.25, -0.2) is 0 Å². The highest BCUT2D eigenvalue weighted by Crippen LogP contribution is 2.27. The smallest absolute Gasteiger partial charge is 0.00891 e. The summed E-state index contributed by atoms with van der Waals surface area (Å²) in [6.07, 6.45) is 7.31. The molecule has 0 aromatic heterocycles. The molecule has 1 rings (SSSR count). The molecular formula is C10H21N. The first-order valence-electron chi connectivity index (χ1n) is 4.88. The van der Waals surface area contributed by atoms with Gasteiger partial charge in [-0.05, 0) is 39.8 Å². The fourth-order valence-corrected chi connectivity index (χ4v) is 2.04. The van der Waals surface area contributed by atoms with Gasteiger partial charge in [0.25, 0.3) is 0 Å². The van der Waals surface area contributed by atoms with Crippen molar-refractivity contribution in [1.82, 2.24) is 4.90 Å². The topological polar surface area (TPSA) is 3.24 Å². The number of rotatable bonds is 2. The lowest BCUT2D eigenvalue weighted by Gasteiger charge is -2.31. The minimum Gasteiger partial charge on any atom is -0.306 e. The molecule has 1 nitrogen and oxygen atoms in total. The van der Waals surface area contributed by atoms with Gasteiger partial charge in [0.1, 0.15) is 0 Å². The Bertz CT molecular complexity index is 103. The predicted molar refractivity (Wildman–Crippen MR) is 49.7 cm³/mol. The Balaban J connectivity index is 2.32. The Morgan fingerprint density at radius 2 is 1.64 bits per heavy atom. The van der Waals surface area contributed by atoms with Crippen molar-refractivity contribution in [3.8, 4) is 0 Å². The van der Waals surface area contributed by atoms with Crippen molar-refractivity contribution in [3.63, 3.8) is 0 Å². The lowest BCUT2D eigenvalue weighted by atomic mass is 9.84. The van der Waals surface area contributed by atoms with Crippen LogP contribution in [0.3, 0.4) is 0 Å². The normalized spacial score (nSPS) is 24.0. The molecule has 1 fully saturated rings. The SMILES string of the molecule is CC(C1CCCCC1)N(C)C. The van der Waals surface area contributed by atoms with E-state index in [4.69, 9.17) is 0 Å². The average molecular weight is 155 g/mol. The van der Waals surface area contributed by atoms with Crippen molar-refractivity contribution in [2.24, 2.45) is 5.92 Å². The average Bonchev–Trinajstić information content (AvgIpc) is 2.05. The van der Waals surface area contributed by atoms with Crippen molar-refractivity contribution in [2.75, 3.05) is 14.1 Å². The largest absolute Gasteiger partial charge is 0.306 e. The quantitative estimate of drug-likeness (QED) is 0.592. The zero-order valence-corrected chi connectivity index (χ0v) is 8.14. The first-order valence-corrected chi connectivity index (χ1v) is 4.88. The van der Waals surface area contributed by atoms with Crippen molar-refractivity contribution in [3.05, 3.63) is 0 Å². The molecule has 0 spiro atoms. The van der Waals surface area contributed by atoms with Crippen molar-refractivity contribution in [2.45, 2.75) is 45.1 Å². The van der Waals surface area contributed by atoms with Crippen LogP contribution in [0, 0.1) is 5.92 Å². The van der Waals surface area contributed by atoms with E-state index in [2.05, 4.69) is 25.9 Å². The van der Waals surface area contributed by atoms with Crippen LogP contribution in [0.5, 0.6) is 0 Å². The van der Waals surface area contributed by atoms with Crippen LogP contribution in [0.2, 0.25) is 0 Å². The van der Waals surface area contributed by atoms with Gasteiger partial charge in [0.05, 0.1) is 0 Å². The van der Waals surface area contributed by atoms with E-state index >= 15 is 0 Å². The van der Waals surface area contributed by atoms with Gasteiger partial charge in [0.15, 0.2) is 0 Å². The van der Waals surface area contributed by atoms with Gasteiger partial charge in [-0.1, -0.05) is 19.3 Å². The third-order valence-electron chi connectivity index (χ3n) is 3.15. The highest BCUT2D eigenvalue weighted by Gasteiger charge is 2.20. The van der Waals surface area contributed by atoms with Crippen LogP contribution in [0.4, 0.5) is 0 Å². The third kappa shape index (κ3) is 2.48. The van der Waals surface area contributed by atoms with Crippen LogP contribution in [0.25, 0.3) is 0 Å². The lowest BCUT2D eigenvalue weighted by molar-refractivity contribution is 0.185. The summed E-state index contributed by atoms with van der Waals surface area (Å²) in [5.41, 5.74) is 0. The molecule has 1 atom stereocenters. The first kappa shape index (κ1) is 9.05. The molecule has 0 aromatic carbocycles. The highest BCUT2D eigenvalue weighted by molar-refractivity contribution is 4.75. The summed E-state index contributed by atoms with van der Waals surface area (Å²) < 4.78 is 0. The van der Waals surface area contributed by atoms with E-state index in [1.165, 1.54) is 32.1 Å². The Morgan fingerprint density at radius 1 is 1.09 bits per heavy atom. The fourth-order valence-electron chi connectivity index (χ4n) is 2.04. The lowest BCUT2D eigenvalue weighted by Crippen LogP contribution is -2.33. The predicted octanol–water partition coefficient (Wildman–Crippen LogP) is 2.52. The van der Waals surface area contributed by atoms with E-state index in [-0.39, 0.29) is 0 Å². The van der Waals surface area contributed by atoms with E-state index in [1.807, 2.05) is 0 Å².